The molecule has 19 heavy (non-hydrogen) atoms. The maximum atomic E-state index is 13.2. The Morgan fingerprint density at radius 1 is 1.26 bits per heavy atom. The highest BCUT2D eigenvalue weighted by Crippen LogP contribution is 2.33. The van der Waals surface area contributed by atoms with E-state index in [1.54, 1.807) is 6.07 Å². The lowest BCUT2D eigenvalue weighted by atomic mass is 10.1. The monoisotopic (exact) mass is 281 g/mol. The quantitative estimate of drug-likeness (QED) is 0.926. The van der Waals surface area contributed by atoms with E-state index < -0.39 is 15.7 Å². The molecule has 0 radical (unpaired) electrons. The number of hydrogen-bond acceptors (Lipinski definition) is 3. The predicted octanol–water partition coefficient (Wildman–Crippen LogP) is 2.49. The van der Waals surface area contributed by atoms with Crippen molar-refractivity contribution in [1.29, 1.82) is 0 Å². The molecule has 2 aliphatic rings. The van der Waals surface area contributed by atoms with Crippen molar-refractivity contribution in [2.24, 2.45) is 0 Å². The van der Waals surface area contributed by atoms with Gasteiger partial charge in [-0.15, -0.1) is 0 Å². The highest BCUT2D eigenvalue weighted by molar-refractivity contribution is 7.95. The minimum Gasteiger partial charge on any atom is -0.310 e. The van der Waals surface area contributed by atoms with Crippen molar-refractivity contribution in [1.82, 2.24) is 5.32 Å². The van der Waals surface area contributed by atoms with Crippen LogP contribution in [0.4, 0.5) is 4.39 Å². The first-order valence-electron chi connectivity index (χ1n) is 6.55. The van der Waals surface area contributed by atoms with Crippen molar-refractivity contribution < 1.29 is 12.8 Å². The van der Waals surface area contributed by atoms with Gasteiger partial charge in [0.2, 0.25) is 9.84 Å². The van der Waals surface area contributed by atoms with E-state index in [-0.39, 0.29) is 4.90 Å². The Morgan fingerprint density at radius 3 is 2.74 bits per heavy atom. The van der Waals surface area contributed by atoms with E-state index in [1.807, 2.05) is 0 Å². The summed E-state index contributed by atoms with van der Waals surface area (Å²) >= 11 is 0. The zero-order chi connectivity index (χ0) is 13.5. The first-order chi connectivity index (χ1) is 9.06. The van der Waals surface area contributed by atoms with Gasteiger partial charge in [0.1, 0.15) is 5.82 Å². The topological polar surface area (TPSA) is 46.2 Å². The van der Waals surface area contributed by atoms with Crippen LogP contribution in [0.25, 0.3) is 5.57 Å². The van der Waals surface area contributed by atoms with Crippen molar-refractivity contribution in [3.05, 3.63) is 35.0 Å². The van der Waals surface area contributed by atoms with E-state index in [4.69, 9.17) is 0 Å². The molecule has 1 aliphatic heterocycles. The minimum absolute atomic E-state index is 0.0933. The van der Waals surface area contributed by atoms with Gasteiger partial charge < -0.3 is 5.32 Å². The largest absolute Gasteiger partial charge is 0.310 e. The molecule has 0 bridgehead atoms. The van der Waals surface area contributed by atoms with Crippen LogP contribution in [0.2, 0.25) is 0 Å². The molecular weight excluding hydrogens is 265 g/mol. The minimum atomic E-state index is -3.47. The van der Waals surface area contributed by atoms with Gasteiger partial charge in [-0.3, -0.25) is 0 Å². The number of halogens is 1. The van der Waals surface area contributed by atoms with E-state index in [9.17, 15) is 12.8 Å². The summed E-state index contributed by atoms with van der Waals surface area (Å²) < 4.78 is 37.0. The summed E-state index contributed by atoms with van der Waals surface area (Å²) in [4.78, 5) is 0.0933. The first kappa shape index (κ1) is 12.8. The van der Waals surface area contributed by atoms with E-state index in [2.05, 4.69) is 5.32 Å². The van der Waals surface area contributed by atoms with E-state index in [1.165, 1.54) is 24.3 Å². The number of nitrogens with one attached hydrogen (secondary N) is 1. The smallest absolute Gasteiger partial charge is 0.200 e. The van der Waals surface area contributed by atoms with Gasteiger partial charge in [-0.05, 0) is 36.1 Å². The fraction of sp³-hybridized carbons (Fsp3) is 0.429. The van der Waals surface area contributed by atoms with Crippen LogP contribution in [0.3, 0.4) is 0 Å². The summed E-state index contributed by atoms with van der Waals surface area (Å²) in [5, 5.41) is 4.65. The molecule has 3 rings (SSSR count). The SMILES string of the molecule is O=S1(=O)C=C(CNC2CCCC2)c2ccc(F)cc21. The maximum Gasteiger partial charge on any atom is 0.200 e. The van der Waals surface area contributed by atoms with Gasteiger partial charge in [-0.25, -0.2) is 12.8 Å². The van der Waals surface area contributed by atoms with Gasteiger partial charge in [0.25, 0.3) is 0 Å². The third-order valence-corrected chi connectivity index (χ3v) is 5.38. The molecule has 102 valence electrons. The number of rotatable bonds is 3. The van der Waals surface area contributed by atoms with E-state index in [0.717, 1.165) is 24.5 Å². The van der Waals surface area contributed by atoms with Crippen LogP contribution < -0.4 is 5.32 Å². The lowest BCUT2D eigenvalue weighted by Gasteiger charge is -2.12. The van der Waals surface area contributed by atoms with Crippen molar-refractivity contribution >= 4 is 15.4 Å². The molecule has 0 unspecified atom stereocenters. The Labute approximate surface area is 112 Å². The maximum absolute atomic E-state index is 13.2. The number of sulfone groups is 1. The van der Waals surface area contributed by atoms with Gasteiger partial charge in [0.15, 0.2) is 0 Å². The molecule has 5 heteroatoms. The summed E-state index contributed by atoms with van der Waals surface area (Å²) in [5.74, 6) is -0.513. The van der Waals surface area contributed by atoms with Gasteiger partial charge >= 0.3 is 0 Å². The molecule has 1 aromatic carbocycles. The lowest BCUT2D eigenvalue weighted by molar-refractivity contribution is 0.560. The lowest BCUT2D eigenvalue weighted by Crippen LogP contribution is -2.27. The molecule has 0 amide bonds. The molecule has 1 saturated carbocycles. The number of benzene rings is 1. The van der Waals surface area contributed by atoms with Gasteiger partial charge in [-0.1, -0.05) is 18.9 Å². The molecule has 1 fully saturated rings. The van der Waals surface area contributed by atoms with Gasteiger partial charge in [0, 0.05) is 18.0 Å². The zero-order valence-electron chi connectivity index (χ0n) is 10.5. The second-order valence-electron chi connectivity index (χ2n) is 5.19. The van der Waals surface area contributed by atoms with Crippen LogP contribution >= 0.6 is 0 Å². The molecule has 0 saturated heterocycles. The fourth-order valence-electron chi connectivity index (χ4n) is 2.83. The molecule has 1 N–H and O–H groups in total. The Balaban J connectivity index is 1.83. The normalized spacial score (nSPS) is 21.4. The summed E-state index contributed by atoms with van der Waals surface area (Å²) in [5.41, 5.74) is 1.37. The van der Waals surface area contributed by atoms with Crippen LogP contribution in [0.1, 0.15) is 31.2 Å². The number of fused-ring (bicyclic) bond motifs is 1. The van der Waals surface area contributed by atoms with Gasteiger partial charge in [0.05, 0.1) is 4.90 Å². The summed E-state index contributed by atoms with van der Waals surface area (Å²) in [6.07, 6.45) is 4.76. The predicted molar refractivity (Wildman–Crippen MR) is 71.8 cm³/mol. The molecule has 0 atom stereocenters. The Hall–Kier alpha value is -1.20. The Kier molecular flexibility index (Phi) is 3.19. The number of hydrogen-bond donors (Lipinski definition) is 1. The second-order valence-corrected chi connectivity index (χ2v) is 6.96. The Morgan fingerprint density at radius 2 is 2.00 bits per heavy atom. The fourth-order valence-corrected chi connectivity index (χ4v) is 4.33. The molecule has 0 aromatic heterocycles. The van der Waals surface area contributed by atoms with Crippen LogP contribution in [0.15, 0.2) is 28.5 Å². The molecule has 1 aliphatic carbocycles. The first-order valence-corrected chi connectivity index (χ1v) is 8.10. The molecule has 1 aromatic rings. The average Bonchev–Trinajstić information content (AvgIpc) is 2.94. The second kappa shape index (κ2) is 4.72. The third kappa shape index (κ3) is 2.44. The van der Waals surface area contributed by atoms with Crippen LogP contribution in [0, 0.1) is 5.82 Å². The Bertz CT molecular complexity index is 631. The molecule has 0 spiro atoms. The van der Waals surface area contributed by atoms with E-state index in [0.29, 0.717) is 18.2 Å². The van der Waals surface area contributed by atoms with E-state index >= 15 is 0 Å². The summed E-state index contributed by atoms with van der Waals surface area (Å²) in [7, 11) is -3.47. The summed E-state index contributed by atoms with van der Waals surface area (Å²) in [6, 6.07) is 4.44. The van der Waals surface area contributed by atoms with Crippen molar-refractivity contribution in [3.8, 4) is 0 Å². The van der Waals surface area contributed by atoms with Crippen molar-refractivity contribution in [3.63, 3.8) is 0 Å². The molecular formula is C14H16FNO2S. The van der Waals surface area contributed by atoms with Gasteiger partial charge in [-0.2, -0.15) is 0 Å². The standard InChI is InChI=1S/C14H16FNO2S/c15-11-5-6-13-10(8-16-12-3-1-2-4-12)9-19(17,18)14(13)7-11/h5-7,9,12,16H,1-4,8H2. The molecule has 3 nitrogen and oxygen atoms in total. The average molecular weight is 281 g/mol. The zero-order valence-corrected chi connectivity index (χ0v) is 11.3. The highest BCUT2D eigenvalue weighted by Gasteiger charge is 2.27. The van der Waals surface area contributed by atoms with Crippen molar-refractivity contribution in [2.75, 3.05) is 6.54 Å². The van der Waals surface area contributed by atoms with Crippen molar-refractivity contribution in [2.45, 2.75) is 36.6 Å². The van der Waals surface area contributed by atoms with Crippen LogP contribution in [0.5, 0.6) is 0 Å². The van der Waals surface area contributed by atoms with Crippen LogP contribution in [-0.2, 0) is 9.84 Å². The third-order valence-electron chi connectivity index (χ3n) is 3.83. The van der Waals surface area contributed by atoms with Crippen LogP contribution in [-0.4, -0.2) is 21.0 Å². The highest BCUT2D eigenvalue weighted by atomic mass is 32.2. The molecule has 1 heterocycles. The summed E-state index contributed by atoms with van der Waals surface area (Å²) in [6.45, 7) is 0.530.